The average molecular weight is 645 g/mol. The number of aromatic nitrogens is 2. The predicted octanol–water partition coefficient (Wildman–Crippen LogP) is 4.99. The summed E-state index contributed by atoms with van der Waals surface area (Å²) in [4.78, 5) is 33.0. The zero-order valence-electron chi connectivity index (χ0n) is 22.8. The zero-order chi connectivity index (χ0) is 31.1. The average Bonchev–Trinajstić information content (AvgIpc) is 3.17. The standard InChI is InChI=1S/C28H26ClF5N4O4S/c1-3-22(39)36-4-6-37(7-5-36)26-17-10-18(28(32,33)34)23(16-11-19(29)21(31)12-20(16)30)25-24(17)38(27(40)35-26)13-15(14-43-25)42-9-8-41-2/h3,10-12,15H,1,4-9,13-14H2,2H3/t15-/m0/s1. The van der Waals surface area contributed by atoms with Crippen molar-refractivity contribution in [2.75, 3.05) is 57.2 Å². The van der Waals surface area contributed by atoms with E-state index in [4.69, 9.17) is 21.1 Å². The number of halogens is 6. The van der Waals surface area contributed by atoms with Gasteiger partial charge in [0.05, 0.1) is 42.0 Å². The predicted molar refractivity (Wildman–Crippen MR) is 153 cm³/mol. The van der Waals surface area contributed by atoms with E-state index in [1.807, 2.05) is 0 Å². The first-order chi connectivity index (χ1) is 20.4. The molecule has 1 amide bonds. The third-order valence-corrected chi connectivity index (χ3v) is 8.80. The van der Waals surface area contributed by atoms with Crippen molar-refractivity contribution in [2.24, 2.45) is 0 Å². The van der Waals surface area contributed by atoms with E-state index < -0.39 is 51.3 Å². The maximum atomic E-state index is 15.2. The van der Waals surface area contributed by atoms with E-state index >= 15 is 4.39 Å². The van der Waals surface area contributed by atoms with Crippen molar-refractivity contribution >= 4 is 46.0 Å². The molecule has 2 aromatic carbocycles. The van der Waals surface area contributed by atoms with Crippen molar-refractivity contribution in [2.45, 2.75) is 23.7 Å². The van der Waals surface area contributed by atoms with Crippen molar-refractivity contribution in [3.63, 3.8) is 0 Å². The van der Waals surface area contributed by atoms with Crippen LogP contribution >= 0.6 is 23.4 Å². The lowest BCUT2D eigenvalue weighted by Crippen LogP contribution is -2.49. The van der Waals surface area contributed by atoms with Gasteiger partial charge < -0.3 is 19.3 Å². The van der Waals surface area contributed by atoms with Crippen LogP contribution in [-0.2, 0) is 27.0 Å². The highest BCUT2D eigenvalue weighted by atomic mass is 35.5. The number of methoxy groups -OCH3 is 1. The van der Waals surface area contributed by atoms with Gasteiger partial charge in [0.2, 0.25) is 5.91 Å². The number of rotatable bonds is 7. The molecule has 0 saturated carbocycles. The number of ether oxygens (including phenoxy) is 2. The highest BCUT2D eigenvalue weighted by Crippen LogP contribution is 2.49. The number of amides is 1. The fourth-order valence-electron chi connectivity index (χ4n) is 5.25. The molecule has 0 aliphatic carbocycles. The Kier molecular flexibility index (Phi) is 9.02. The molecule has 0 spiro atoms. The highest BCUT2D eigenvalue weighted by Gasteiger charge is 2.39. The van der Waals surface area contributed by atoms with Crippen LogP contribution in [0.15, 0.2) is 40.5 Å². The molecule has 43 heavy (non-hydrogen) atoms. The van der Waals surface area contributed by atoms with Crippen LogP contribution < -0.4 is 10.6 Å². The van der Waals surface area contributed by atoms with Gasteiger partial charge in [-0.2, -0.15) is 18.2 Å². The maximum Gasteiger partial charge on any atom is 0.417 e. The van der Waals surface area contributed by atoms with Crippen molar-refractivity contribution < 1.29 is 36.2 Å². The summed E-state index contributed by atoms with van der Waals surface area (Å²) in [6.07, 6.45) is -4.44. The second kappa shape index (κ2) is 12.4. The van der Waals surface area contributed by atoms with E-state index in [-0.39, 0.29) is 79.2 Å². The molecular weight excluding hydrogens is 619 g/mol. The molecule has 1 saturated heterocycles. The number of carbonyl (C=O) groups is 1. The Bertz CT molecular complexity index is 1640. The zero-order valence-corrected chi connectivity index (χ0v) is 24.4. The van der Waals surface area contributed by atoms with Crippen molar-refractivity contribution in [3.05, 3.63) is 63.6 Å². The van der Waals surface area contributed by atoms with Gasteiger partial charge in [-0.25, -0.2) is 13.6 Å². The van der Waals surface area contributed by atoms with Crippen LogP contribution in [0, 0.1) is 11.6 Å². The Morgan fingerprint density at radius 3 is 2.53 bits per heavy atom. The number of nitrogens with zero attached hydrogens (tertiary/aromatic N) is 4. The maximum absolute atomic E-state index is 15.2. The smallest absolute Gasteiger partial charge is 0.382 e. The van der Waals surface area contributed by atoms with Crippen LogP contribution in [0.3, 0.4) is 0 Å². The number of anilines is 1. The molecule has 1 fully saturated rings. The van der Waals surface area contributed by atoms with Crippen molar-refractivity contribution in [3.8, 4) is 11.1 Å². The Labute approximate surface area is 252 Å². The quantitative estimate of drug-likeness (QED) is 0.155. The number of hydrogen-bond acceptors (Lipinski definition) is 7. The number of thioether (sulfide) groups is 1. The first-order valence-corrected chi connectivity index (χ1v) is 14.5. The largest absolute Gasteiger partial charge is 0.417 e. The van der Waals surface area contributed by atoms with Gasteiger partial charge in [-0.3, -0.25) is 9.36 Å². The van der Waals surface area contributed by atoms with Crippen LogP contribution in [-0.4, -0.2) is 78.7 Å². The minimum atomic E-state index is -4.98. The molecule has 3 heterocycles. The summed E-state index contributed by atoms with van der Waals surface area (Å²) in [6, 6.07) is 2.09. The van der Waals surface area contributed by atoms with Gasteiger partial charge in [0.15, 0.2) is 0 Å². The van der Waals surface area contributed by atoms with Gasteiger partial charge in [-0.15, -0.1) is 11.8 Å². The SMILES string of the molecule is C=CC(=O)N1CCN(c2nc(=O)n3c4c(c(-c5cc(Cl)c(F)cc5F)c(C(F)(F)F)cc24)SC[C@@H](OCCOC)C3)CC1. The Balaban J connectivity index is 1.78. The van der Waals surface area contributed by atoms with Crippen LogP contribution in [0.5, 0.6) is 0 Å². The molecule has 0 unspecified atom stereocenters. The Morgan fingerprint density at radius 1 is 1.16 bits per heavy atom. The van der Waals surface area contributed by atoms with Gasteiger partial charge in [-0.05, 0) is 18.2 Å². The lowest BCUT2D eigenvalue weighted by Gasteiger charge is -2.35. The fourth-order valence-corrected chi connectivity index (χ4v) is 6.69. The number of benzene rings is 2. The first-order valence-electron chi connectivity index (χ1n) is 13.2. The molecule has 3 aromatic rings. The molecule has 15 heteroatoms. The van der Waals surface area contributed by atoms with E-state index in [2.05, 4.69) is 11.6 Å². The third-order valence-electron chi connectivity index (χ3n) is 7.29. The van der Waals surface area contributed by atoms with E-state index in [0.717, 1.165) is 23.9 Å². The van der Waals surface area contributed by atoms with E-state index in [9.17, 15) is 27.2 Å². The van der Waals surface area contributed by atoms with Crippen molar-refractivity contribution in [1.29, 1.82) is 0 Å². The molecule has 0 N–H and O–H groups in total. The lowest BCUT2D eigenvalue weighted by atomic mass is 9.95. The van der Waals surface area contributed by atoms with Gasteiger partial charge in [0.25, 0.3) is 0 Å². The van der Waals surface area contributed by atoms with E-state index in [1.54, 1.807) is 4.90 Å². The monoisotopic (exact) mass is 644 g/mol. The molecular formula is C28H26ClF5N4O4S. The summed E-state index contributed by atoms with van der Waals surface area (Å²) in [5, 5.41) is -0.538. The van der Waals surface area contributed by atoms with Gasteiger partial charge in [0.1, 0.15) is 17.5 Å². The van der Waals surface area contributed by atoms with Gasteiger partial charge in [0, 0.05) is 66.5 Å². The molecule has 1 atom stereocenters. The summed E-state index contributed by atoms with van der Waals surface area (Å²) in [7, 11) is 1.48. The molecule has 2 aliphatic rings. The summed E-state index contributed by atoms with van der Waals surface area (Å²) in [6.45, 7) is 4.72. The second-order valence-corrected chi connectivity index (χ2v) is 11.3. The minimum absolute atomic E-state index is 0.0113. The van der Waals surface area contributed by atoms with Crippen LogP contribution in [0.1, 0.15) is 5.56 Å². The molecule has 230 valence electrons. The van der Waals surface area contributed by atoms with Crippen molar-refractivity contribution in [1.82, 2.24) is 14.5 Å². The molecule has 5 rings (SSSR count). The molecule has 0 radical (unpaired) electrons. The van der Waals surface area contributed by atoms with Gasteiger partial charge in [-0.1, -0.05) is 18.2 Å². The van der Waals surface area contributed by atoms with Crippen LogP contribution in [0.2, 0.25) is 5.02 Å². The molecule has 1 aromatic heterocycles. The lowest BCUT2D eigenvalue weighted by molar-refractivity contribution is -0.137. The first kappa shape index (κ1) is 31.2. The molecule has 2 aliphatic heterocycles. The number of alkyl halides is 3. The number of piperazine rings is 1. The minimum Gasteiger partial charge on any atom is -0.382 e. The third kappa shape index (κ3) is 6.10. The summed E-state index contributed by atoms with van der Waals surface area (Å²) >= 11 is 6.89. The molecule has 8 nitrogen and oxygen atoms in total. The Morgan fingerprint density at radius 2 is 1.88 bits per heavy atom. The number of carbonyl (C=O) groups excluding carboxylic acids is 1. The van der Waals surface area contributed by atoms with E-state index in [1.165, 1.54) is 22.7 Å². The molecule has 0 bridgehead atoms. The highest BCUT2D eigenvalue weighted by molar-refractivity contribution is 7.99. The summed E-state index contributed by atoms with van der Waals surface area (Å²) in [5.74, 6) is -2.53. The summed E-state index contributed by atoms with van der Waals surface area (Å²) < 4.78 is 85.8. The number of hydrogen-bond donors (Lipinski definition) is 0. The van der Waals surface area contributed by atoms with Gasteiger partial charge >= 0.3 is 11.9 Å². The van der Waals surface area contributed by atoms with Crippen LogP contribution in [0.25, 0.3) is 22.0 Å². The fraction of sp³-hybridized carbons (Fsp3) is 0.393. The summed E-state index contributed by atoms with van der Waals surface area (Å²) in [5.41, 5.74) is -2.94. The van der Waals surface area contributed by atoms with Crippen LogP contribution in [0.4, 0.5) is 27.8 Å². The second-order valence-electron chi connectivity index (χ2n) is 9.91. The normalized spacial score (nSPS) is 17.3. The topological polar surface area (TPSA) is 76.9 Å². The van der Waals surface area contributed by atoms with E-state index in [0.29, 0.717) is 6.07 Å². The Hall–Kier alpha value is -3.20.